The lowest BCUT2D eigenvalue weighted by molar-refractivity contribution is 0.249. The van der Waals surface area contributed by atoms with Gasteiger partial charge in [0, 0.05) is 25.1 Å². The van der Waals surface area contributed by atoms with E-state index in [4.69, 9.17) is 0 Å². The van der Waals surface area contributed by atoms with Crippen LogP contribution < -0.4 is 10.6 Å². The zero-order valence-corrected chi connectivity index (χ0v) is 13.1. The number of hydrogen-bond donors (Lipinski definition) is 2. The molecule has 2 N–H and O–H groups in total. The van der Waals surface area contributed by atoms with E-state index in [0.717, 1.165) is 11.4 Å². The Kier molecular flexibility index (Phi) is 4.56. The van der Waals surface area contributed by atoms with Crippen molar-refractivity contribution in [2.75, 3.05) is 5.32 Å². The SMILES string of the molecule is Cn1ccnc1C(NC(=O)Nc1ccc(F)cc1)c1ccccc1. The summed E-state index contributed by atoms with van der Waals surface area (Å²) in [6.45, 7) is 0. The molecule has 1 atom stereocenters. The van der Waals surface area contributed by atoms with E-state index in [1.807, 2.05) is 48.1 Å². The number of rotatable bonds is 4. The van der Waals surface area contributed by atoms with Crippen LogP contribution in [0.3, 0.4) is 0 Å². The predicted molar refractivity (Wildman–Crippen MR) is 90.0 cm³/mol. The number of imidazole rings is 1. The van der Waals surface area contributed by atoms with E-state index in [9.17, 15) is 9.18 Å². The fraction of sp³-hybridized carbons (Fsp3) is 0.111. The van der Waals surface area contributed by atoms with Gasteiger partial charge in [-0.05, 0) is 29.8 Å². The van der Waals surface area contributed by atoms with E-state index in [2.05, 4.69) is 15.6 Å². The maximum Gasteiger partial charge on any atom is 0.320 e. The molecular formula is C18H17FN4O. The highest BCUT2D eigenvalue weighted by Gasteiger charge is 2.20. The van der Waals surface area contributed by atoms with Gasteiger partial charge in [-0.1, -0.05) is 30.3 Å². The van der Waals surface area contributed by atoms with Gasteiger partial charge in [-0.3, -0.25) is 0 Å². The number of carbonyl (C=O) groups excluding carboxylic acids is 1. The second-order valence-corrected chi connectivity index (χ2v) is 5.35. The van der Waals surface area contributed by atoms with Crippen molar-refractivity contribution >= 4 is 11.7 Å². The van der Waals surface area contributed by atoms with Crippen LogP contribution in [0.1, 0.15) is 17.4 Å². The fourth-order valence-corrected chi connectivity index (χ4v) is 2.43. The molecule has 1 unspecified atom stereocenters. The number of nitrogens with one attached hydrogen (secondary N) is 2. The average molecular weight is 324 g/mol. The highest BCUT2D eigenvalue weighted by molar-refractivity contribution is 5.89. The number of halogens is 1. The molecule has 0 spiro atoms. The van der Waals surface area contributed by atoms with Crippen LogP contribution in [-0.2, 0) is 7.05 Å². The summed E-state index contributed by atoms with van der Waals surface area (Å²) in [5.74, 6) is 0.367. The summed E-state index contributed by atoms with van der Waals surface area (Å²) in [4.78, 5) is 16.7. The molecule has 0 bridgehead atoms. The van der Waals surface area contributed by atoms with Gasteiger partial charge in [0.2, 0.25) is 0 Å². The Morgan fingerprint density at radius 2 is 1.83 bits per heavy atom. The quantitative estimate of drug-likeness (QED) is 0.772. The first-order valence-corrected chi connectivity index (χ1v) is 7.49. The van der Waals surface area contributed by atoms with Crippen molar-refractivity contribution in [2.24, 2.45) is 7.05 Å². The summed E-state index contributed by atoms with van der Waals surface area (Å²) in [6, 6.07) is 14.4. The van der Waals surface area contributed by atoms with E-state index in [1.165, 1.54) is 24.3 Å². The summed E-state index contributed by atoms with van der Waals surface area (Å²) >= 11 is 0. The molecular weight excluding hydrogens is 307 g/mol. The number of amides is 2. The first kappa shape index (κ1) is 15.7. The molecule has 0 aliphatic heterocycles. The topological polar surface area (TPSA) is 59.0 Å². The van der Waals surface area contributed by atoms with Crippen molar-refractivity contribution in [3.8, 4) is 0 Å². The maximum absolute atomic E-state index is 12.9. The zero-order valence-electron chi connectivity index (χ0n) is 13.1. The Hall–Kier alpha value is -3.15. The molecule has 3 rings (SSSR count). The Morgan fingerprint density at radius 3 is 2.46 bits per heavy atom. The van der Waals surface area contributed by atoms with E-state index in [1.54, 1.807) is 6.20 Å². The lowest BCUT2D eigenvalue weighted by Crippen LogP contribution is -2.34. The standard InChI is InChI=1S/C18H17FN4O/c1-23-12-11-20-17(23)16(13-5-3-2-4-6-13)22-18(24)21-15-9-7-14(19)8-10-15/h2-12,16H,1H3,(H2,21,22,24). The summed E-state index contributed by atoms with van der Waals surface area (Å²) in [7, 11) is 1.87. The van der Waals surface area contributed by atoms with Gasteiger partial charge in [0.15, 0.2) is 0 Å². The summed E-state index contributed by atoms with van der Waals surface area (Å²) < 4.78 is 14.8. The van der Waals surface area contributed by atoms with Crippen LogP contribution in [0.15, 0.2) is 67.0 Å². The Labute approximate surface area is 139 Å². The number of carbonyl (C=O) groups is 1. The van der Waals surface area contributed by atoms with Crippen molar-refractivity contribution in [3.63, 3.8) is 0 Å². The number of aryl methyl sites for hydroxylation is 1. The van der Waals surface area contributed by atoms with Crippen LogP contribution >= 0.6 is 0 Å². The molecule has 0 saturated heterocycles. The minimum absolute atomic E-state index is 0.351. The molecule has 0 fully saturated rings. The zero-order chi connectivity index (χ0) is 16.9. The molecule has 24 heavy (non-hydrogen) atoms. The number of aromatic nitrogens is 2. The van der Waals surface area contributed by atoms with Crippen LogP contribution in [0.5, 0.6) is 0 Å². The maximum atomic E-state index is 12.9. The number of urea groups is 1. The van der Waals surface area contributed by atoms with E-state index < -0.39 is 12.1 Å². The van der Waals surface area contributed by atoms with Gasteiger partial charge < -0.3 is 15.2 Å². The average Bonchev–Trinajstić information content (AvgIpc) is 3.01. The Morgan fingerprint density at radius 1 is 1.12 bits per heavy atom. The lowest BCUT2D eigenvalue weighted by Gasteiger charge is -2.19. The second-order valence-electron chi connectivity index (χ2n) is 5.35. The van der Waals surface area contributed by atoms with Gasteiger partial charge in [0.1, 0.15) is 17.7 Å². The largest absolute Gasteiger partial charge is 0.336 e. The molecule has 0 aliphatic carbocycles. The monoisotopic (exact) mass is 324 g/mol. The van der Waals surface area contributed by atoms with E-state index in [-0.39, 0.29) is 5.82 Å². The minimum Gasteiger partial charge on any atom is -0.336 e. The van der Waals surface area contributed by atoms with Crippen LogP contribution in [-0.4, -0.2) is 15.6 Å². The molecule has 2 amide bonds. The van der Waals surface area contributed by atoms with E-state index >= 15 is 0 Å². The third-order valence-corrected chi connectivity index (χ3v) is 3.63. The van der Waals surface area contributed by atoms with Crippen molar-refractivity contribution in [1.29, 1.82) is 0 Å². The third kappa shape index (κ3) is 3.60. The molecule has 0 saturated carbocycles. The molecule has 0 radical (unpaired) electrons. The van der Waals surface area contributed by atoms with Crippen molar-refractivity contribution in [2.45, 2.75) is 6.04 Å². The summed E-state index contributed by atoms with van der Waals surface area (Å²) in [5, 5.41) is 5.61. The van der Waals surface area contributed by atoms with Crippen LogP contribution in [0.2, 0.25) is 0 Å². The Bertz CT molecular complexity index is 815. The van der Waals surface area contributed by atoms with Crippen LogP contribution in [0.25, 0.3) is 0 Å². The van der Waals surface area contributed by atoms with Gasteiger partial charge in [-0.25, -0.2) is 14.2 Å². The minimum atomic E-state index is -0.397. The highest BCUT2D eigenvalue weighted by Crippen LogP contribution is 2.20. The van der Waals surface area contributed by atoms with Crippen molar-refractivity contribution < 1.29 is 9.18 Å². The van der Waals surface area contributed by atoms with Crippen LogP contribution in [0.4, 0.5) is 14.9 Å². The fourth-order valence-electron chi connectivity index (χ4n) is 2.43. The smallest absolute Gasteiger partial charge is 0.320 e. The second kappa shape index (κ2) is 6.95. The normalized spacial score (nSPS) is 11.8. The molecule has 6 heteroatoms. The van der Waals surface area contributed by atoms with E-state index in [0.29, 0.717) is 5.69 Å². The highest BCUT2D eigenvalue weighted by atomic mass is 19.1. The molecule has 1 aromatic heterocycles. The number of nitrogens with zero attached hydrogens (tertiary/aromatic N) is 2. The molecule has 1 heterocycles. The molecule has 122 valence electrons. The van der Waals surface area contributed by atoms with Gasteiger partial charge in [0.25, 0.3) is 0 Å². The van der Waals surface area contributed by atoms with Crippen LogP contribution in [0, 0.1) is 5.82 Å². The molecule has 5 nitrogen and oxygen atoms in total. The van der Waals surface area contributed by atoms with Crippen molar-refractivity contribution in [1.82, 2.24) is 14.9 Å². The van der Waals surface area contributed by atoms with Crippen molar-refractivity contribution in [3.05, 3.63) is 84.2 Å². The Balaban J connectivity index is 1.80. The first-order chi connectivity index (χ1) is 11.6. The third-order valence-electron chi connectivity index (χ3n) is 3.63. The predicted octanol–water partition coefficient (Wildman–Crippen LogP) is 3.47. The first-order valence-electron chi connectivity index (χ1n) is 7.49. The molecule has 2 aromatic carbocycles. The summed E-state index contributed by atoms with van der Waals surface area (Å²) in [6.07, 6.45) is 3.51. The summed E-state index contributed by atoms with van der Waals surface area (Å²) in [5.41, 5.74) is 1.43. The number of hydrogen-bond acceptors (Lipinski definition) is 2. The van der Waals surface area contributed by atoms with Gasteiger partial charge >= 0.3 is 6.03 Å². The molecule has 3 aromatic rings. The number of benzene rings is 2. The van der Waals surface area contributed by atoms with Gasteiger partial charge in [-0.2, -0.15) is 0 Å². The molecule has 0 aliphatic rings. The van der Waals surface area contributed by atoms with Gasteiger partial charge in [-0.15, -0.1) is 0 Å². The number of anilines is 1. The van der Waals surface area contributed by atoms with Gasteiger partial charge in [0.05, 0.1) is 0 Å². The lowest BCUT2D eigenvalue weighted by atomic mass is 10.1.